The van der Waals surface area contributed by atoms with Gasteiger partial charge in [0.15, 0.2) is 0 Å². The molecule has 0 bridgehead atoms. The lowest BCUT2D eigenvalue weighted by Crippen LogP contribution is -2.43. The van der Waals surface area contributed by atoms with Gasteiger partial charge in [0.05, 0.1) is 17.6 Å². The highest BCUT2D eigenvalue weighted by molar-refractivity contribution is 6.51. The molecule has 1 fully saturated rings. The summed E-state index contributed by atoms with van der Waals surface area (Å²) in [6, 6.07) is -0.470. The Morgan fingerprint density at radius 1 is 1.19 bits per heavy atom. The molecule has 0 saturated carbocycles. The summed E-state index contributed by atoms with van der Waals surface area (Å²) in [6.07, 6.45) is 1.76. The van der Waals surface area contributed by atoms with Crippen LogP contribution in [0.4, 0.5) is 4.79 Å². The molecule has 1 heterocycles. The molecule has 0 aliphatic carbocycles. The molecule has 1 unspecified atom stereocenters. The summed E-state index contributed by atoms with van der Waals surface area (Å²) in [5.74, 6) is 0.870. The van der Waals surface area contributed by atoms with Crippen molar-refractivity contribution in [3.8, 4) is 0 Å². The molecule has 0 aromatic carbocycles. The van der Waals surface area contributed by atoms with Gasteiger partial charge < -0.3 is 24.1 Å². The van der Waals surface area contributed by atoms with Gasteiger partial charge in [-0.15, -0.1) is 0 Å². The number of carbonyl (C=O) groups excluding carboxylic acids is 1. The number of amides is 1. The van der Waals surface area contributed by atoms with E-state index in [1.54, 1.807) is 27.7 Å². The van der Waals surface area contributed by atoms with Gasteiger partial charge >= 0.3 is 19.2 Å². The molecule has 7 nitrogen and oxygen atoms in total. The minimum Gasteiger partial charge on any atom is -0.481 e. The van der Waals surface area contributed by atoms with Crippen molar-refractivity contribution in [2.24, 2.45) is 0 Å². The van der Waals surface area contributed by atoms with Crippen LogP contribution in [-0.4, -0.2) is 58.6 Å². The minimum absolute atomic E-state index is 0.139. The summed E-state index contributed by atoms with van der Waals surface area (Å²) in [6.45, 7) is 15.3. The van der Waals surface area contributed by atoms with Crippen LogP contribution < -0.4 is 0 Å². The van der Waals surface area contributed by atoms with Gasteiger partial charge in [0, 0.05) is 12.6 Å². The lowest BCUT2D eigenvalue weighted by atomic mass is 9.90. The van der Waals surface area contributed by atoms with Crippen LogP contribution in [0.15, 0.2) is 12.1 Å². The third kappa shape index (κ3) is 7.18. The summed E-state index contributed by atoms with van der Waals surface area (Å²) in [4.78, 5) is 24.9. The van der Waals surface area contributed by atoms with E-state index < -0.39 is 42.0 Å². The van der Waals surface area contributed by atoms with Crippen LogP contribution in [0.3, 0.4) is 0 Å². The predicted molar refractivity (Wildman–Crippen MR) is 104 cm³/mol. The average molecular weight is 383 g/mol. The Labute approximate surface area is 163 Å². The molecule has 1 rings (SSSR count). The summed E-state index contributed by atoms with van der Waals surface area (Å²) in [7, 11) is -0.443. The molecule has 0 aromatic rings. The molecule has 8 heteroatoms. The van der Waals surface area contributed by atoms with E-state index in [-0.39, 0.29) is 6.42 Å². The third-order valence-electron chi connectivity index (χ3n) is 4.73. The van der Waals surface area contributed by atoms with Gasteiger partial charge in [-0.2, -0.15) is 0 Å². The fourth-order valence-electron chi connectivity index (χ4n) is 2.56. The summed E-state index contributed by atoms with van der Waals surface area (Å²) < 4.78 is 17.2. The molecular weight excluding hydrogens is 349 g/mol. The Morgan fingerprint density at radius 2 is 1.70 bits per heavy atom. The van der Waals surface area contributed by atoms with E-state index in [0.29, 0.717) is 13.0 Å². The lowest BCUT2D eigenvalue weighted by molar-refractivity contribution is -0.138. The molecule has 1 aliphatic heterocycles. The van der Waals surface area contributed by atoms with Crippen molar-refractivity contribution in [3.05, 3.63) is 12.1 Å². The summed E-state index contributed by atoms with van der Waals surface area (Å²) in [5, 5.41) is 9.03. The molecule has 1 N–H and O–H groups in total. The lowest BCUT2D eigenvalue weighted by Gasteiger charge is -2.32. The first-order chi connectivity index (χ1) is 12.1. The highest BCUT2D eigenvalue weighted by Crippen LogP contribution is 2.36. The normalized spacial score (nSPS) is 19.9. The highest BCUT2D eigenvalue weighted by Gasteiger charge is 2.49. The van der Waals surface area contributed by atoms with Crippen LogP contribution in [0.5, 0.6) is 0 Å². The van der Waals surface area contributed by atoms with Crippen molar-refractivity contribution in [2.45, 2.75) is 91.1 Å². The van der Waals surface area contributed by atoms with Crippen LogP contribution in [-0.2, 0) is 18.8 Å². The zero-order valence-corrected chi connectivity index (χ0v) is 17.9. The van der Waals surface area contributed by atoms with Gasteiger partial charge in [0.25, 0.3) is 0 Å². The van der Waals surface area contributed by atoms with Gasteiger partial charge in [-0.05, 0) is 61.8 Å². The number of carbonyl (C=O) groups is 2. The third-order valence-corrected chi connectivity index (χ3v) is 4.73. The smallest absolute Gasteiger partial charge is 0.481 e. The number of carboxylic acids is 1. The Morgan fingerprint density at radius 3 is 2.15 bits per heavy atom. The van der Waals surface area contributed by atoms with Crippen LogP contribution in [0.1, 0.15) is 68.2 Å². The first kappa shape index (κ1) is 23.5. The standard InChI is InChI=1S/C19H34BNO6/c1-14(13-15(22)23)21(16(24)25-17(2,3)4)12-10-9-11-20-26-18(5,6)19(7,8)27-20/h9,11,14H,10,12-13H2,1-8H3,(H,22,23)/b11-9+. The van der Waals surface area contributed by atoms with E-state index in [4.69, 9.17) is 19.2 Å². The first-order valence-electron chi connectivity index (χ1n) is 9.38. The Kier molecular flexibility index (Phi) is 7.53. The minimum atomic E-state index is -0.955. The predicted octanol–water partition coefficient (Wildman–Crippen LogP) is 3.66. The van der Waals surface area contributed by atoms with Crippen molar-refractivity contribution in [1.82, 2.24) is 4.90 Å². The number of hydrogen-bond acceptors (Lipinski definition) is 5. The molecule has 154 valence electrons. The second-order valence-corrected chi connectivity index (χ2v) is 8.96. The summed E-state index contributed by atoms with van der Waals surface area (Å²) >= 11 is 0. The molecule has 1 aliphatic rings. The quantitative estimate of drug-likeness (QED) is 0.676. The maximum Gasteiger partial charge on any atom is 0.486 e. The molecule has 0 spiro atoms. The van der Waals surface area contributed by atoms with E-state index >= 15 is 0 Å². The zero-order valence-electron chi connectivity index (χ0n) is 17.9. The fourth-order valence-corrected chi connectivity index (χ4v) is 2.56. The number of rotatable bonds is 7. The second-order valence-electron chi connectivity index (χ2n) is 8.96. The largest absolute Gasteiger partial charge is 0.486 e. The van der Waals surface area contributed by atoms with Crippen LogP contribution >= 0.6 is 0 Å². The zero-order chi connectivity index (χ0) is 21.0. The molecule has 27 heavy (non-hydrogen) atoms. The number of hydrogen-bond donors (Lipinski definition) is 1. The molecule has 1 saturated heterocycles. The van der Waals surface area contributed by atoms with Crippen molar-refractivity contribution in [1.29, 1.82) is 0 Å². The van der Waals surface area contributed by atoms with E-state index in [9.17, 15) is 9.59 Å². The van der Waals surface area contributed by atoms with E-state index in [0.717, 1.165) is 0 Å². The summed E-state index contributed by atoms with van der Waals surface area (Å²) in [5.41, 5.74) is -1.45. The number of carboxylic acid groups (broad SMARTS) is 1. The topological polar surface area (TPSA) is 85.3 Å². The van der Waals surface area contributed by atoms with E-state index in [1.807, 2.05) is 39.7 Å². The Hall–Kier alpha value is -1.54. The van der Waals surface area contributed by atoms with Crippen LogP contribution in [0.2, 0.25) is 0 Å². The first-order valence-corrected chi connectivity index (χ1v) is 9.38. The van der Waals surface area contributed by atoms with Gasteiger partial charge in [0.2, 0.25) is 0 Å². The monoisotopic (exact) mass is 383 g/mol. The van der Waals surface area contributed by atoms with Crippen molar-refractivity contribution >= 4 is 19.2 Å². The maximum absolute atomic E-state index is 12.4. The Bertz CT molecular complexity index is 551. The molecule has 1 amide bonds. The fraction of sp³-hybridized carbons (Fsp3) is 0.789. The molecule has 0 aromatic heterocycles. The SMILES string of the molecule is CC(CC(=O)O)N(CC/C=C/B1OC(C)(C)C(C)(C)O1)C(=O)OC(C)(C)C. The molecule has 1 atom stereocenters. The highest BCUT2D eigenvalue weighted by atomic mass is 16.7. The maximum atomic E-state index is 12.4. The van der Waals surface area contributed by atoms with Crippen LogP contribution in [0.25, 0.3) is 0 Å². The van der Waals surface area contributed by atoms with Gasteiger partial charge in [-0.3, -0.25) is 4.79 Å². The van der Waals surface area contributed by atoms with E-state index in [2.05, 4.69) is 0 Å². The molecular formula is C19H34BNO6. The average Bonchev–Trinajstić information content (AvgIpc) is 2.63. The van der Waals surface area contributed by atoms with Crippen molar-refractivity contribution < 1.29 is 28.7 Å². The Balaban J connectivity index is 2.68. The second kappa shape index (κ2) is 8.65. The van der Waals surface area contributed by atoms with Gasteiger partial charge in [-0.25, -0.2) is 4.79 Å². The molecule has 0 radical (unpaired) electrons. The van der Waals surface area contributed by atoms with Crippen molar-refractivity contribution in [3.63, 3.8) is 0 Å². The van der Waals surface area contributed by atoms with E-state index in [1.165, 1.54) is 4.90 Å². The van der Waals surface area contributed by atoms with Crippen LogP contribution in [0, 0.1) is 0 Å². The number of ether oxygens (including phenoxy) is 1. The number of nitrogens with zero attached hydrogens (tertiary/aromatic N) is 1. The number of aliphatic carboxylic acids is 1. The van der Waals surface area contributed by atoms with Crippen molar-refractivity contribution in [2.75, 3.05) is 6.54 Å². The van der Waals surface area contributed by atoms with Gasteiger partial charge in [-0.1, -0.05) is 12.1 Å². The van der Waals surface area contributed by atoms with Gasteiger partial charge in [0.1, 0.15) is 5.60 Å².